The molecule has 4 nitrogen and oxygen atoms in total. The third-order valence-electron chi connectivity index (χ3n) is 3.22. The molecule has 0 amide bonds. The van der Waals surface area contributed by atoms with Gasteiger partial charge in [-0.05, 0) is 41.8 Å². The van der Waals surface area contributed by atoms with E-state index in [0.29, 0.717) is 25.0 Å². The molecule has 0 saturated carbocycles. The van der Waals surface area contributed by atoms with Gasteiger partial charge in [-0.2, -0.15) is 5.26 Å². The van der Waals surface area contributed by atoms with Crippen molar-refractivity contribution in [1.29, 1.82) is 5.26 Å². The zero-order chi connectivity index (χ0) is 15.8. The van der Waals surface area contributed by atoms with E-state index in [1.165, 1.54) is 7.11 Å². The second kappa shape index (κ2) is 7.84. The zero-order valence-corrected chi connectivity index (χ0v) is 12.4. The average molecular weight is 295 g/mol. The minimum absolute atomic E-state index is 0.222. The Morgan fingerprint density at radius 2 is 1.64 bits per heavy atom. The van der Waals surface area contributed by atoms with E-state index in [1.54, 1.807) is 12.1 Å². The lowest BCUT2D eigenvalue weighted by Crippen LogP contribution is -2.04. The summed E-state index contributed by atoms with van der Waals surface area (Å²) in [6, 6.07) is 17.3. The molecular weight excluding hydrogens is 278 g/mol. The minimum Gasteiger partial charge on any atom is -0.494 e. The van der Waals surface area contributed by atoms with Gasteiger partial charge in [0.05, 0.1) is 25.3 Å². The standard InChI is InChI=1S/C18H17NO3/c1-21-18(20)3-2-12-22-17-10-8-16(9-11-17)15-6-4-14(13-19)5-7-15/h4-11H,2-3,12H2,1H3. The third-order valence-corrected chi connectivity index (χ3v) is 3.22. The molecule has 0 aliphatic heterocycles. The van der Waals surface area contributed by atoms with Crippen LogP contribution in [0.5, 0.6) is 5.75 Å². The lowest BCUT2D eigenvalue weighted by atomic mass is 10.0. The van der Waals surface area contributed by atoms with Crippen LogP contribution in [0.2, 0.25) is 0 Å². The number of carbonyl (C=O) groups excluding carboxylic acids is 1. The number of methoxy groups -OCH3 is 1. The first-order chi connectivity index (χ1) is 10.7. The number of ether oxygens (including phenoxy) is 2. The molecule has 112 valence electrons. The minimum atomic E-state index is -0.222. The molecule has 0 unspecified atom stereocenters. The Morgan fingerprint density at radius 3 is 2.18 bits per heavy atom. The van der Waals surface area contributed by atoms with Crippen LogP contribution in [-0.4, -0.2) is 19.7 Å². The first-order valence-electron chi connectivity index (χ1n) is 7.03. The third kappa shape index (κ3) is 4.35. The van der Waals surface area contributed by atoms with Crippen LogP contribution in [0.15, 0.2) is 48.5 Å². The molecule has 0 fully saturated rings. The molecular formula is C18H17NO3. The van der Waals surface area contributed by atoms with Crippen molar-refractivity contribution in [2.75, 3.05) is 13.7 Å². The van der Waals surface area contributed by atoms with Crippen molar-refractivity contribution in [2.24, 2.45) is 0 Å². The Kier molecular flexibility index (Phi) is 5.56. The lowest BCUT2D eigenvalue weighted by Gasteiger charge is -2.07. The molecule has 0 saturated heterocycles. The van der Waals surface area contributed by atoms with Gasteiger partial charge in [-0.15, -0.1) is 0 Å². The van der Waals surface area contributed by atoms with Crippen LogP contribution in [-0.2, 0) is 9.53 Å². The number of rotatable bonds is 6. The van der Waals surface area contributed by atoms with Crippen LogP contribution in [0.25, 0.3) is 11.1 Å². The van der Waals surface area contributed by atoms with Crippen molar-refractivity contribution in [2.45, 2.75) is 12.8 Å². The van der Waals surface area contributed by atoms with Gasteiger partial charge in [-0.1, -0.05) is 24.3 Å². The van der Waals surface area contributed by atoms with Gasteiger partial charge < -0.3 is 9.47 Å². The van der Waals surface area contributed by atoms with Gasteiger partial charge in [-0.25, -0.2) is 0 Å². The second-order valence-corrected chi connectivity index (χ2v) is 4.74. The van der Waals surface area contributed by atoms with E-state index in [0.717, 1.165) is 16.9 Å². The summed E-state index contributed by atoms with van der Waals surface area (Å²) in [6.45, 7) is 0.477. The number of nitrogens with zero attached hydrogens (tertiary/aromatic N) is 1. The maximum absolute atomic E-state index is 11.0. The molecule has 2 aromatic carbocycles. The molecule has 0 bridgehead atoms. The van der Waals surface area contributed by atoms with Crippen LogP contribution < -0.4 is 4.74 Å². The summed E-state index contributed by atoms with van der Waals surface area (Å²) in [5.74, 6) is 0.544. The number of hydrogen-bond acceptors (Lipinski definition) is 4. The van der Waals surface area contributed by atoms with Crippen molar-refractivity contribution in [1.82, 2.24) is 0 Å². The van der Waals surface area contributed by atoms with Gasteiger partial charge in [0.2, 0.25) is 0 Å². The highest BCUT2D eigenvalue weighted by Gasteiger charge is 2.02. The predicted molar refractivity (Wildman–Crippen MR) is 83.3 cm³/mol. The van der Waals surface area contributed by atoms with E-state index in [9.17, 15) is 4.79 Å². The van der Waals surface area contributed by atoms with Gasteiger partial charge in [0.15, 0.2) is 0 Å². The number of hydrogen-bond donors (Lipinski definition) is 0. The Morgan fingerprint density at radius 1 is 1.05 bits per heavy atom. The number of benzene rings is 2. The van der Waals surface area contributed by atoms with Crippen molar-refractivity contribution in [3.63, 3.8) is 0 Å². The van der Waals surface area contributed by atoms with Crippen molar-refractivity contribution in [3.8, 4) is 22.9 Å². The maximum atomic E-state index is 11.0. The van der Waals surface area contributed by atoms with Crippen LogP contribution in [0.1, 0.15) is 18.4 Å². The number of carbonyl (C=O) groups is 1. The maximum Gasteiger partial charge on any atom is 0.305 e. The molecule has 0 atom stereocenters. The molecule has 0 heterocycles. The summed E-state index contributed by atoms with van der Waals surface area (Å²) in [6.07, 6.45) is 0.990. The van der Waals surface area contributed by atoms with Gasteiger partial charge in [0.25, 0.3) is 0 Å². The number of nitriles is 1. The SMILES string of the molecule is COC(=O)CCCOc1ccc(-c2ccc(C#N)cc2)cc1. The molecule has 2 rings (SSSR count). The summed E-state index contributed by atoms with van der Waals surface area (Å²) in [7, 11) is 1.38. The fourth-order valence-electron chi connectivity index (χ4n) is 1.99. The molecule has 0 aromatic heterocycles. The summed E-state index contributed by atoms with van der Waals surface area (Å²) in [5.41, 5.74) is 2.76. The van der Waals surface area contributed by atoms with Gasteiger partial charge in [0.1, 0.15) is 5.75 Å². The summed E-state index contributed by atoms with van der Waals surface area (Å²) in [5, 5.41) is 8.79. The summed E-state index contributed by atoms with van der Waals surface area (Å²) in [4.78, 5) is 11.0. The zero-order valence-electron chi connectivity index (χ0n) is 12.4. The van der Waals surface area contributed by atoms with E-state index in [2.05, 4.69) is 10.8 Å². The summed E-state index contributed by atoms with van der Waals surface area (Å²) < 4.78 is 10.1. The molecule has 0 spiro atoms. The Labute approximate surface area is 129 Å². The fraction of sp³-hybridized carbons (Fsp3) is 0.222. The highest BCUT2D eigenvalue weighted by Crippen LogP contribution is 2.22. The first kappa shape index (κ1) is 15.6. The molecule has 0 radical (unpaired) electrons. The van der Waals surface area contributed by atoms with Crippen LogP contribution >= 0.6 is 0 Å². The fourth-order valence-corrected chi connectivity index (χ4v) is 1.99. The lowest BCUT2D eigenvalue weighted by molar-refractivity contribution is -0.140. The first-order valence-corrected chi connectivity index (χ1v) is 7.03. The topological polar surface area (TPSA) is 59.3 Å². The predicted octanol–water partition coefficient (Wildman–Crippen LogP) is 3.56. The quantitative estimate of drug-likeness (QED) is 0.604. The van der Waals surface area contributed by atoms with E-state index < -0.39 is 0 Å². The molecule has 4 heteroatoms. The molecule has 0 aliphatic rings. The van der Waals surface area contributed by atoms with Crippen LogP contribution in [0.3, 0.4) is 0 Å². The van der Waals surface area contributed by atoms with E-state index in [1.807, 2.05) is 36.4 Å². The van der Waals surface area contributed by atoms with E-state index in [4.69, 9.17) is 10.00 Å². The van der Waals surface area contributed by atoms with Crippen molar-refractivity contribution < 1.29 is 14.3 Å². The molecule has 2 aromatic rings. The normalized spacial score (nSPS) is 9.82. The Hall–Kier alpha value is -2.80. The molecule has 22 heavy (non-hydrogen) atoms. The van der Waals surface area contributed by atoms with E-state index in [-0.39, 0.29) is 5.97 Å². The monoisotopic (exact) mass is 295 g/mol. The van der Waals surface area contributed by atoms with Crippen LogP contribution in [0.4, 0.5) is 0 Å². The largest absolute Gasteiger partial charge is 0.494 e. The average Bonchev–Trinajstić information content (AvgIpc) is 2.59. The highest BCUT2D eigenvalue weighted by molar-refractivity contribution is 5.69. The van der Waals surface area contributed by atoms with Gasteiger partial charge in [0, 0.05) is 6.42 Å². The summed E-state index contributed by atoms with van der Waals surface area (Å²) >= 11 is 0. The van der Waals surface area contributed by atoms with E-state index >= 15 is 0 Å². The van der Waals surface area contributed by atoms with Crippen molar-refractivity contribution in [3.05, 3.63) is 54.1 Å². The smallest absolute Gasteiger partial charge is 0.305 e. The van der Waals surface area contributed by atoms with Crippen molar-refractivity contribution >= 4 is 5.97 Å². The van der Waals surface area contributed by atoms with Crippen LogP contribution in [0, 0.1) is 11.3 Å². The number of esters is 1. The van der Waals surface area contributed by atoms with Gasteiger partial charge in [-0.3, -0.25) is 4.79 Å². The second-order valence-electron chi connectivity index (χ2n) is 4.74. The molecule has 0 N–H and O–H groups in total. The van der Waals surface area contributed by atoms with Gasteiger partial charge >= 0.3 is 5.97 Å². The Balaban J connectivity index is 1.89. The Bertz CT molecular complexity index is 654. The molecule has 0 aliphatic carbocycles. The highest BCUT2D eigenvalue weighted by atomic mass is 16.5.